The Kier molecular flexibility index (Phi) is 4.58. The van der Waals surface area contributed by atoms with Crippen molar-refractivity contribution in [1.29, 1.82) is 0 Å². The fourth-order valence-corrected chi connectivity index (χ4v) is 3.95. The molecule has 20 heavy (non-hydrogen) atoms. The molecule has 1 amide bonds. The highest BCUT2D eigenvalue weighted by Gasteiger charge is 2.22. The van der Waals surface area contributed by atoms with Crippen LogP contribution in [0, 0.1) is 0 Å². The van der Waals surface area contributed by atoms with Crippen molar-refractivity contribution in [3.8, 4) is 0 Å². The first kappa shape index (κ1) is 13.9. The number of thioether (sulfide) groups is 1. The Labute approximate surface area is 124 Å². The maximum Gasteiger partial charge on any atom is 0.232 e. The Bertz CT molecular complexity index is 474. The predicted molar refractivity (Wildman–Crippen MR) is 81.7 cm³/mol. The number of amides is 1. The van der Waals surface area contributed by atoms with E-state index in [2.05, 4.69) is 16.4 Å². The molecule has 0 bridgehead atoms. The van der Waals surface area contributed by atoms with Crippen LogP contribution in [-0.2, 0) is 17.8 Å². The zero-order valence-corrected chi connectivity index (χ0v) is 12.5. The molecule has 1 aromatic heterocycles. The third kappa shape index (κ3) is 3.33. The second-order valence-corrected chi connectivity index (χ2v) is 6.72. The lowest BCUT2D eigenvalue weighted by Gasteiger charge is -2.29. The van der Waals surface area contributed by atoms with Gasteiger partial charge in [-0.05, 0) is 37.6 Å². The van der Waals surface area contributed by atoms with Gasteiger partial charge in [0.2, 0.25) is 5.91 Å². The van der Waals surface area contributed by atoms with Gasteiger partial charge in [-0.2, -0.15) is 0 Å². The van der Waals surface area contributed by atoms with Crippen LogP contribution in [0.5, 0.6) is 0 Å². The van der Waals surface area contributed by atoms with Crippen molar-refractivity contribution in [1.82, 2.24) is 15.2 Å². The van der Waals surface area contributed by atoms with Crippen LogP contribution in [-0.4, -0.2) is 46.4 Å². The summed E-state index contributed by atoms with van der Waals surface area (Å²) in [6.07, 6.45) is 5.10. The number of rotatable bonds is 3. The quantitative estimate of drug-likeness (QED) is 0.915. The first-order valence-electron chi connectivity index (χ1n) is 7.36. The Morgan fingerprint density at radius 2 is 2.30 bits per heavy atom. The second-order valence-electron chi connectivity index (χ2n) is 5.43. The van der Waals surface area contributed by atoms with E-state index in [1.807, 2.05) is 28.9 Å². The largest absolute Gasteiger partial charge is 0.337 e. The molecule has 108 valence electrons. The molecular weight excluding hydrogens is 270 g/mol. The Balaban J connectivity index is 1.51. The standard InChI is InChI=1S/C15H21N3OS/c19-15(11-20-13-3-7-16-8-4-13)18-9-5-14-12(10-18)2-1-6-17-14/h1-2,6,13,16H,3-5,7-11H2. The number of nitrogens with zero attached hydrogens (tertiary/aromatic N) is 2. The van der Waals surface area contributed by atoms with Gasteiger partial charge in [-0.1, -0.05) is 6.07 Å². The van der Waals surface area contributed by atoms with Crippen molar-refractivity contribution in [3.63, 3.8) is 0 Å². The van der Waals surface area contributed by atoms with Gasteiger partial charge in [0.15, 0.2) is 0 Å². The molecule has 1 N–H and O–H groups in total. The summed E-state index contributed by atoms with van der Waals surface area (Å²) in [4.78, 5) is 18.7. The number of nitrogens with one attached hydrogen (secondary N) is 1. The highest BCUT2D eigenvalue weighted by Crippen LogP contribution is 2.22. The molecule has 5 heteroatoms. The minimum Gasteiger partial charge on any atom is -0.337 e. The van der Waals surface area contributed by atoms with E-state index in [1.54, 1.807) is 0 Å². The average molecular weight is 291 g/mol. The van der Waals surface area contributed by atoms with Crippen LogP contribution in [0.1, 0.15) is 24.1 Å². The lowest BCUT2D eigenvalue weighted by Crippen LogP contribution is -2.38. The molecule has 0 unspecified atom stereocenters. The zero-order chi connectivity index (χ0) is 13.8. The van der Waals surface area contributed by atoms with Crippen molar-refractivity contribution < 1.29 is 4.79 Å². The molecule has 1 saturated heterocycles. The molecular formula is C15H21N3OS. The summed E-state index contributed by atoms with van der Waals surface area (Å²) in [5.41, 5.74) is 2.36. The van der Waals surface area contributed by atoms with E-state index >= 15 is 0 Å². The third-order valence-electron chi connectivity index (χ3n) is 4.05. The molecule has 0 aliphatic carbocycles. The van der Waals surface area contributed by atoms with E-state index in [0.29, 0.717) is 11.0 Å². The highest BCUT2D eigenvalue weighted by molar-refractivity contribution is 8.00. The van der Waals surface area contributed by atoms with Gasteiger partial charge in [0.05, 0.1) is 5.75 Å². The summed E-state index contributed by atoms with van der Waals surface area (Å²) in [6.45, 7) is 3.73. The van der Waals surface area contributed by atoms with Gasteiger partial charge in [0, 0.05) is 36.7 Å². The van der Waals surface area contributed by atoms with Crippen LogP contribution in [0.4, 0.5) is 0 Å². The molecule has 0 radical (unpaired) electrons. The lowest BCUT2D eigenvalue weighted by molar-refractivity contribution is -0.129. The molecule has 0 aromatic carbocycles. The van der Waals surface area contributed by atoms with Crippen LogP contribution in [0.2, 0.25) is 0 Å². The van der Waals surface area contributed by atoms with Gasteiger partial charge in [-0.25, -0.2) is 0 Å². The summed E-state index contributed by atoms with van der Waals surface area (Å²) in [5.74, 6) is 0.906. The summed E-state index contributed by atoms with van der Waals surface area (Å²) in [5, 5.41) is 4.01. The second kappa shape index (κ2) is 6.59. The van der Waals surface area contributed by atoms with E-state index in [9.17, 15) is 4.79 Å². The summed E-state index contributed by atoms with van der Waals surface area (Å²) < 4.78 is 0. The minimum atomic E-state index is 0.281. The number of fused-ring (bicyclic) bond motifs is 1. The Morgan fingerprint density at radius 3 is 3.15 bits per heavy atom. The minimum absolute atomic E-state index is 0.281. The SMILES string of the molecule is O=C(CSC1CCNCC1)N1CCc2ncccc2C1. The number of hydrogen-bond acceptors (Lipinski definition) is 4. The number of carbonyl (C=O) groups excluding carboxylic acids is 1. The highest BCUT2D eigenvalue weighted by atomic mass is 32.2. The maximum absolute atomic E-state index is 12.3. The lowest BCUT2D eigenvalue weighted by atomic mass is 10.1. The number of pyridine rings is 1. The molecule has 3 heterocycles. The van der Waals surface area contributed by atoms with E-state index in [1.165, 1.54) is 18.4 Å². The van der Waals surface area contributed by atoms with Gasteiger partial charge >= 0.3 is 0 Å². The van der Waals surface area contributed by atoms with Gasteiger partial charge in [0.1, 0.15) is 0 Å². The molecule has 3 rings (SSSR count). The van der Waals surface area contributed by atoms with E-state index in [0.717, 1.165) is 38.3 Å². The number of hydrogen-bond donors (Lipinski definition) is 1. The normalized spacial score (nSPS) is 19.7. The molecule has 4 nitrogen and oxygen atoms in total. The van der Waals surface area contributed by atoms with E-state index in [4.69, 9.17) is 0 Å². The number of carbonyl (C=O) groups is 1. The zero-order valence-electron chi connectivity index (χ0n) is 11.7. The average Bonchev–Trinajstić information content (AvgIpc) is 2.53. The van der Waals surface area contributed by atoms with Crippen LogP contribution in [0.25, 0.3) is 0 Å². The summed E-state index contributed by atoms with van der Waals surface area (Å²) in [7, 11) is 0. The molecule has 2 aliphatic rings. The van der Waals surface area contributed by atoms with Gasteiger partial charge in [-0.3, -0.25) is 9.78 Å². The van der Waals surface area contributed by atoms with Crippen LogP contribution in [0.15, 0.2) is 18.3 Å². The monoisotopic (exact) mass is 291 g/mol. The van der Waals surface area contributed by atoms with Crippen LogP contribution >= 0.6 is 11.8 Å². The fraction of sp³-hybridized carbons (Fsp3) is 0.600. The number of piperidine rings is 1. The summed E-state index contributed by atoms with van der Waals surface area (Å²) >= 11 is 1.83. The van der Waals surface area contributed by atoms with Gasteiger partial charge < -0.3 is 10.2 Å². The van der Waals surface area contributed by atoms with E-state index < -0.39 is 0 Å². The molecule has 1 fully saturated rings. The maximum atomic E-state index is 12.3. The molecule has 0 spiro atoms. The Morgan fingerprint density at radius 1 is 1.45 bits per heavy atom. The fourth-order valence-electron chi connectivity index (χ4n) is 2.82. The van der Waals surface area contributed by atoms with Gasteiger partial charge in [-0.15, -0.1) is 11.8 Å². The first-order chi connectivity index (χ1) is 9.83. The first-order valence-corrected chi connectivity index (χ1v) is 8.40. The van der Waals surface area contributed by atoms with Crippen molar-refractivity contribution in [2.75, 3.05) is 25.4 Å². The van der Waals surface area contributed by atoms with Crippen molar-refractivity contribution in [3.05, 3.63) is 29.6 Å². The number of aromatic nitrogens is 1. The molecule has 0 saturated carbocycles. The van der Waals surface area contributed by atoms with Crippen molar-refractivity contribution in [2.24, 2.45) is 0 Å². The predicted octanol–water partition coefficient (Wildman–Crippen LogP) is 1.45. The molecule has 1 aromatic rings. The Hall–Kier alpha value is -1.07. The van der Waals surface area contributed by atoms with Crippen LogP contribution < -0.4 is 5.32 Å². The van der Waals surface area contributed by atoms with Gasteiger partial charge in [0.25, 0.3) is 0 Å². The van der Waals surface area contributed by atoms with Crippen LogP contribution in [0.3, 0.4) is 0 Å². The smallest absolute Gasteiger partial charge is 0.232 e. The third-order valence-corrected chi connectivity index (χ3v) is 5.40. The topological polar surface area (TPSA) is 45.2 Å². The molecule has 0 atom stereocenters. The van der Waals surface area contributed by atoms with Crippen molar-refractivity contribution >= 4 is 17.7 Å². The van der Waals surface area contributed by atoms with E-state index in [-0.39, 0.29) is 5.91 Å². The molecule has 2 aliphatic heterocycles. The summed E-state index contributed by atoms with van der Waals surface area (Å²) in [6, 6.07) is 4.04. The van der Waals surface area contributed by atoms with Crippen molar-refractivity contribution in [2.45, 2.75) is 31.1 Å².